The predicted octanol–water partition coefficient (Wildman–Crippen LogP) is 5.74. The number of benzene rings is 1. The third kappa shape index (κ3) is 6.05. The third-order valence-corrected chi connectivity index (χ3v) is 4.33. The van der Waals surface area contributed by atoms with Gasteiger partial charge in [0.1, 0.15) is 0 Å². The summed E-state index contributed by atoms with van der Waals surface area (Å²) in [5.74, 6) is 0. The molecule has 0 radical (unpaired) electrons. The molecule has 22 heavy (non-hydrogen) atoms. The van der Waals surface area contributed by atoms with Crippen LogP contribution in [0.4, 0.5) is 13.2 Å². The van der Waals surface area contributed by atoms with Crippen molar-refractivity contribution in [3.8, 4) is 0 Å². The van der Waals surface area contributed by atoms with E-state index < -0.39 is 11.7 Å². The van der Waals surface area contributed by atoms with E-state index in [0.717, 1.165) is 48.3 Å². The minimum Gasteiger partial charge on any atom is -0.299 e. The SMILES string of the molecule is C=C(CN(CCC)CCC)Sc1ccc(C(F)(F)F)cc1C. The summed E-state index contributed by atoms with van der Waals surface area (Å²) < 4.78 is 38.0. The highest BCUT2D eigenvalue weighted by Crippen LogP contribution is 2.34. The smallest absolute Gasteiger partial charge is 0.299 e. The first-order valence-corrected chi connectivity index (χ1v) is 8.35. The zero-order valence-corrected chi connectivity index (χ0v) is 14.3. The van der Waals surface area contributed by atoms with Crippen LogP contribution >= 0.6 is 11.8 Å². The molecule has 1 aromatic rings. The summed E-state index contributed by atoms with van der Waals surface area (Å²) in [6, 6.07) is 3.88. The molecule has 0 heterocycles. The monoisotopic (exact) mass is 331 g/mol. The molecule has 0 aliphatic carbocycles. The largest absolute Gasteiger partial charge is 0.416 e. The first-order valence-electron chi connectivity index (χ1n) is 7.53. The Balaban J connectivity index is 2.72. The Labute approximate surface area is 135 Å². The van der Waals surface area contributed by atoms with E-state index in [0.29, 0.717) is 5.56 Å². The lowest BCUT2D eigenvalue weighted by atomic mass is 10.1. The Morgan fingerprint density at radius 3 is 2.23 bits per heavy atom. The van der Waals surface area contributed by atoms with E-state index >= 15 is 0 Å². The Morgan fingerprint density at radius 1 is 1.18 bits per heavy atom. The van der Waals surface area contributed by atoms with E-state index in [4.69, 9.17) is 0 Å². The third-order valence-electron chi connectivity index (χ3n) is 3.24. The molecule has 0 aliphatic heterocycles. The predicted molar refractivity (Wildman–Crippen MR) is 88.2 cm³/mol. The fourth-order valence-corrected chi connectivity index (χ4v) is 3.19. The Bertz CT molecular complexity index is 491. The average Bonchev–Trinajstić information content (AvgIpc) is 2.40. The lowest BCUT2D eigenvalue weighted by Crippen LogP contribution is -2.26. The molecule has 5 heteroatoms. The molecule has 0 bridgehead atoms. The van der Waals surface area contributed by atoms with Crippen molar-refractivity contribution in [3.05, 3.63) is 40.8 Å². The van der Waals surface area contributed by atoms with Crippen LogP contribution in [-0.4, -0.2) is 24.5 Å². The van der Waals surface area contributed by atoms with Crippen LogP contribution in [0.15, 0.2) is 34.6 Å². The van der Waals surface area contributed by atoms with Gasteiger partial charge in [-0.05, 0) is 61.5 Å². The van der Waals surface area contributed by atoms with Crippen molar-refractivity contribution >= 4 is 11.8 Å². The maximum Gasteiger partial charge on any atom is 0.416 e. The van der Waals surface area contributed by atoms with Crippen LogP contribution in [0.1, 0.15) is 37.8 Å². The van der Waals surface area contributed by atoms with E-state index in [1.165, 1.54) is 23.9 Å². The molecule has 1 rings (SSSR count). The lowest BCUT2D eigenvalue weighted by molar-refractivity contribution is -0.137. The van der Waals surface area contributed by atoms with Gasteiger partial charge in [-0.1, -0.05) is 32.2 Å². The normalized spacial score (nSPS) is 12.0. The second kappa shape index (κ2) is 8.63. The molecule has 1 aromatic carbocycles. The number of thioether (sulfide) groups is 1. The van der Waals surface area contributed by atoms with Gasteiger partial charge in [-0.25, -0.2) is 0 Å². The highest BCUT2D eigenvalue weighted by Gasteiger charge is 2.30. The number of hydrogen-bond donors (Lipinski definition) is 0. The summed E-state index contributed by atoms with van der Waals surface area (Å²) in [5, 5.41) is 0. The van der Waals surface area contributed by atoms with Gasteiger partial charge in [-0.15, -0.1) is 0 Å². The number of halogens is 3. The number of aryl methyl sites for hydroxylation is 1. The second-order valence-electron chi connectivity index (χ2n) is 5.39. The van der Waals surface area contributed by atoms with Gasteiger partial charge in [0.2, 0.25) is 0 Å². The van der Waals surface area contributed by atoms with Crippen LogP contribution < -0.4 is 0 Å². The molecule has 124 valence electrons. The summed E-state index contributed by atoms with van der Waals surface area (Å²) in [7, 11) is 0. The van der Waals surface area contributed by atoms with Crippen molar-refractivity contribution in [1.82, 2.24) is 4.90 Å². The van der Waals surface area contributed by atoms with E-state index in [-0.39, 0.29) is 0 Å². The molecule has 0 aromatic heterocycles. The molecular formula is C17H24F3NS. The summed E-state index contributed by atoms with van der Waals surface area (Å²) in [4.78, 5) is 4.13. The maximum absolute atomic E-state index is 12.7. The van der Waals surface area contributed by atoms with Gasteiger partial charge in [-0.2, -0.15) is 13.2 Å². The van der Waals surface area contributed by atoms with Crippen molar-refractivity contribution in [2.75, 3.05) is 19.6 Å². The second-order valence-corrected chi connectivity index (χ2v) is 6.62. The van der Waals surface area contributed by atoms with E-state index in [1.807, 2.05) is 0 Å². The molecule has 0 unspecified atom stereocenters. The Morgan fingerprint density at radius 2 is 1.77 bits per heavy atom. The minimum absolute atomic E-state index is 0.599. The fourth-order valence-electron chi connectivity index (χ4n) is 2.28. The summed E-state index contributed by atoms with van der Waals surface area (Å²) in [6.07, 6.45) is -2.13. The molecule has 0 saturated heterocycles. The van der Waals surface area contributed by atoms with Crippen molar-refractivity contribution in [1.29, 1.82) is 0 Å². The molecule has 0 N–H and O–H groups in total. The standard InChI is InChI=1S/C17H24F3NS/c1-5-9-21(10-6-2)12-14(4)22-16-8-7-15(11-13(16)3)17(18,19)20/h7-8,11H,4-6,9-10,12H2,1-3H3. The van der Waals surface area contributed by atoms with Crippen molar-refractivity contribution < 1.29 is 13.2 Å². The molecular weight excluding hydrogens is 307 g/mol. The lowest BCUT2D eigenvalue weighted by Gasteiger charge is -2.22. The summed E-state index contributed by atoms with van der Waals surface area (Å²) >= 11 is 1.47. The van der Waals surface area contributed by atoms with Crippen LogP contribution in [0, 0.1) is 6.92 Å². The Kier molecular flexibility index (Phi) is 7.49. The van der Waals surface area contributed by atoms with Gasteiger partial charge >= 0.3 is 6.18 Å². The van der Waals surface area contributed by atoms with Gasteiger partial charge in [0, 0.05) is 11.4 Å². The molecule has 0 amide bonds. The molecule has 1 nitrogen and oxygen atoms in total. The highest BCUT2D eigenvalue weighted by molar-refractivity contribution is 8.03. The van der Waals surface area contributed by atoms with Gasteiger partial charge in [0.25, 0.3) is 0 Å². The van der Waals surface area contributed by atoms with Crippen LogP contribution in [0.5, 0.6) is 0 Å². The summed E-state index contributed by atoms with van der Waals surface area (Å²) in [5.41, 5.74) is 0.0389. The van der Waals surface area contributed by atoms with Gasteiger partial charge in [0.15, 0.2) is 0 Å². The van der Waals surface area contributed by atoms with Crippen LogP contribution in [0.3, 0.4) is 0 Å². The molecule has 0 atom stereocenters. The molecule has 0 fully saturated rings. The number of rotatable bonds is 8. The van der Waals surface area contributed by atoms with Gasteiger partial charge in [-0.3, -0.25) is 4.90 Å². The zero-order valence-electron chi connectivity index (χ0n) is 13.5. The van der Waals surface area contributed by atoms with Crippen molar-refractivity contribution in [2.45, 2.75) is 44.7 Å². The van der Waals surface area contributed by atoms with Gasteiger partial charge in [0.05, 0.1) is 5.56 Å². The van der Waals surface area contributed by atoms with Crippen LogP contribution in [0.25, 0.3) is 0 Å². The Hall–Kier alpha value is -0.940. The fraction of sp³-hybridized carbons (Fsp3) is 0.529. The average molecular weight is 331 g/mol. The maximum atomic E-state index is 12.7. The quantitative estimate of drug-likeness (QED) is 0.559. The number of alkyl halides is 3. The molecule has 0 spiro atoms. The van der Waals surface area contributed by atoms with Gasteiger partial charge < -0.3 is 0 Å². The van der Waals surface area contributed by atoms with Crippen molar-refractivity contribution in [3.63, 3.8) is 0 Å². The first kappa shape index (κ1) is 19.1. The highest BCUT2D eigenvalue weighted by atomic mass is 32.2. The summed E-state index contributed by atoms with van der Waals surface area (Å²) in [6.45, 7) is 12.8. The van der Waals surface area contributed by atoms with E-state index in [2.05, 4.69) is 25.3 Å². The van der Waals surface area contributed by atoms with E-state index in [9.17, 15) is 13.2 Å². The minimum atomic E-state index is -4.29. The zero-order chi connectivity index (χ0) is 16.8. The first-order chi connectivity index (χ1) is 10.3. The molecule has 0 aliphatic rings. The van der Waals surface area contributed by atoms with E-state index in [1.54, 1.807) is 6.92 Å². The molecule has 0 saturated carbocycles. The number of nitrogens with zero attached hydrogens (tertiary/aromatic N) is 1. The number of hydrogen-bond acceptors (Lipinski definition) is 2. The van der Waals surface area contributed by atoms with Crippen molar-refractivity contribution in [2.24, 2.45) is 0 Å². The van der Waals surface area contributed by atoms with Crippen LogP contribution in [0.2, 0.25) is 0 Å². The topological polar surface area (TPSA) is 3.24 Å². The van der Waals surface area contributed by atoms with Crippen LogP contribution in [-0.2, 0) is 6.18 Å².